The Morgan fingerprint density at radius 1 is 1.21 bits per heavy atom. The molecule has 1 heterocycles. The molecule has 0 aromatic heterocycles. The number of hydrogen-bond acceptors (Lipinski definition) is 5. The standard InChI is InChI=1S/C14H14O5/c15-10-3-1-2-4-11(10)19-14(16)9-5-6-12-13(7-9)18-8-17-12/h5-7,11H,1-4,8H2/t11-/m1/s1. The van der Waals surface area contributed by atoms with E-state index in [2.05, 4.69) is 0 Å². The van der Waals surface area contributed by atoms with Gasteiger partial charge in [0.15, 0.2) is 23.4 Å². The summed E-state index contributed by atoms with van der Waals surface area (Å²) in [5.41, 5.74) is 0.377. The van der Waals surface area contributed by atoms with Gasteiger partial charge in [0.2, 0.25) is 6.79 Å². The van der Waals surface area contributed by atoms with Crippen molar-refractivity contribution in [1.82, 2.24) is 0 Å². The number of carbonyl (C=O) groups is 2. The Morgan fingerprint density at radius 3 is 2.89 bits per heavy atom. The van der Waals surface area contributed by atoms with Crippen molar-refractivity contribution in [2.75, 3.05) is 6.79 Å². The van der Waals surface area contributed by atoms with Gasteiger partial charge in [-0.25, -0.2) is 4.79 Å². The molecule has 1 aliphatic carbocycles. The van der Waals surface area contributed by atoms with Crippen molar-refractivity contribution in [2.45, 2.75) is 31.8 Å². The number of ether oxygens (including phenoxy) is 3. The van der Waals surface area contributed by atoms with Crippen molar-refractivity contribution in [2.24, 2.45) is 0 Å². The lowest BCUT2D eigenvalue weighted by Crippen LogP contribution is -2.30. The van der Waals surface area contributed by atoms with E-state index >= 15 is 0 Å². The van der Waals surface area contributed by atoms with Crippen molar-refractivity contribution in [3.8, 4) is 11.5 Å². The zero-order valence-electron chi connectivity index (χ0n) is 10.4. The van der Waals surface area contributed by atoms with E-state index < -0.39 is 12.1 Å². The van der Waals surface area contributed by atoms with Crippen LogP contribution in [-0.2, 0) is 9.53 Å². The number of carbonyl (C=O) groups excluding carboxylic acids is 2. The first-order chi connectivity index (χ1) is 9.24. The molecule has 0 bridgehead atoms. The first kappa shape index (κ1) is 12.0. The zero-order chi connectivity index (χ0) is 13.2. The third-order valence-corrected chi connectivity index (χ3v) is 3.36. The molecule has 100 valence electrons. The molecule has 1 aliphatic heterocycles. The first-order valence-corrected chi connectivity index (χ1v) is 6.37. The van der Waals surface area contributed by atoms with E-state index in [4.69, 9.17) is 14.2 Å². The minimum atomic E-state index is -0.591. The fraction of sp³-hybridized carbons (Fsp3) is 0.429. The summed E-state index contributed by atoms with van der Waals surface area (Å²) in [7, 11) is 0. The number of rotatable bonds is 2. The molecule has 3 rings (SSSR count). The summed E-state index contributed by atoms with van der Waals surface area (Å²) in [5.74, 6) is 0.675. The molecule has 19 heavy (non-hydrogen) atoms. The molecule has 1 saturated carbocycles. The van der Waals surface area contributed by atoms with Gasteiger partial charge in [-0.15, -0.1) is 0 Å². The van der Waals surface area contributed by atoms with Gasteiger partial charge in [0.05, 0.1) is 5.56 Å². The smallest absolute Gasteiger partial charge is 0.338 e. The van der Waals surface area contributed by atoms with E-state index in [1.165, 1.54) is 0 Å². The molecule has 0 amide bonds. The van der Waals surface area contributed by atoms with Gasteiger partial charge in [-0.05, 0) is 37.5 Å². The highest BCUT2D eigenvalue weighted by molar-refractivity contribution is 5.93. The molecular formula is C14H14O5. The Balaban J connectivity index is 1.71. The molecule has 5 heteroatoms. The summed E-state index contributed by atoms with van der Waals surface area (Å²) in [6.45, 7) is 0.162. The molecule has 1 atom stereocenters. The minimum Gasteiger partial charge on any atom is -0.454 e. The van der Waals surface area contributed by atoms with Gasteiger partial charge in [0.25, 0.3) is 0 Å². The van der Waals surface area contributed by atoms with Gasteiger partial charge >= 0.3 is 5.97 Å². The Labute approximate surface area is 110 Å². The lowest BCUT2D eigenvalue weighted by atomic mass is 9.96. The van der Waals surface area contributed by atoms with Crippen LogP contribution in [0.15, 0.2) is 18.2 Å². The summed E-state index contributed by atoms with van der Waals surface area (Å²) in [5, 5.41) is 0. The number of ketones is 1. The molecule has 1 fully saturated rings. The van der Waals surface area contributed by atoms with Crippen LogP contribution in [0.25, 0.3) is 0 Å². The molecular weight excluding hydrogens is 248 g/mol. The number of esters is 1. The van der Waals surface area contributed by atoms with Crippen LogP contribution < -0.4 is 9.47 Å². The maximum absolute atomic E-state index is 12.0. The van der Waals surface area contributed by atoms with Crippen LogP contribution in [0.1, 0.15) is 36.0 Å². The van der Waals surface area contributed by atoms with Crippen LogP contribution >= 0.6 is 0 Å². The normalized spacial score (nSPS) is 21.3. The summed E-state index contributed by atoms with van der Waals surface area (Å²) in [6.07, 6.45) is 2.34. The van der Waals surface area contributed by atoms with Crippen molar-refractivity contribution < 1.29 is 23.8 Å². The molecule has 0 spiro atoms. The molecule has 0 saturated heterocycles. The Kier molecular flexibility index (Phi) is 3.11. The van der Waals surface area contributed by atoms with Crippen LogP contribution in [0.2, 0.25) is 0 Å². The highest BCUT2D eigenvalue weighted by Gasteiger charge is 2.27. The summed E-state index contributed by atoms with van der Waals surface area (Å²) in [4.78, 5) is 23.6. The second-order valence-corrected chi connectivity index (χ2v) is 4.67. The van der Waals surface area contributed by atoms with Crippen LogP contribution in [0.5, 0.6) is 11.5 Å². The van der Waals surface area contributed by atoms with Gasteiger partial charge in [0.1, 0.15) is 0 Å². The van der Waals surface area contributed by atoms with E-state index in [-0.39, 0.29) is 12.6 Å². The summed E-state index contributed by atoms with van der Waals surface area (Å²) < 4.78 is 15.6. The van der Waals surface area contributed by atoms with Gasteiger partial charge in [-0.2, -0.15) is 0 Å². The third-order valence-electron chi connectivity index (χ3n) is 3.36. The molecule has 1 aromatic rings. The molecule has 0 radical (unpaired) electrons. The van der Waals surface area contributed by atoms with Crippen molar-refractivity contribution >= 4 is 11.8 Å². The monoisotopic (exact) mass is 262 g/mol. The molecule has 2 aliphatic rings. The number of hydrogen-bond donors (Lipinski definition) is 0. The van der Waals surface area contributed by atoms with Crippen LogP contribution in [0.4, 0.5) is 0 Å². The maximum atomic E-state index is 12.0. The summed E-state index contributed by atoms with van der Waals surface area (Å²) in [6, 6.07) is 4.86. The lowest BCUT2D eigenvalue weighted by molar-refractivity contribution is -0.129. The van der Waals surface area contributed by atoms with Crippen molar-refractivity contribution in [3.63, 3.8) is 0 Å². The highest BCUT2D eigenvalue weighted by Crippen LogP contribution is 2.32. The van der Waals surface area contributed by atoms with E-state index in [1.807, 2.05) is 0 Å². The average Bonchev–Trinajstić information content (AvgIpc) is 2.88. The predicted octanol–water partition coefficient (Wildman–Crippen LogP) is 2.08. The first-order valence-electron chi connectivity index (χ1n) is 6.37. The quantitative estimate of drug-likeness (QED) is 0.764. The second kappa shape index (κ2) is 4.91. The highest BCUT2D eigenvalue weighted by atomic mass is 16.7. The van der Waals surface area contributed by atoms with Crippen LogP contribution in [0, 0.1) is 0 Å². The molecule has 1 aromatic carbocycles. The topological polar surface area (TPSA) is 61.8 Å². The number of Topliss-reactive ketones (excluding diaryl/α,β-unsaturated/α-hetero) is 1. The largest absolute Gasteiger partial charge is 0.454 e. The van der Waals surface area contributed by atoms with Crippen LogP contribution in [0.3, 0.4) is 0 Å². The third kappa shape index (κ3) is 2.41. The zero-order valence-corrected chi connectivity index (χ0v) is 10.4. The fourth-order valence-corrected chi connectivity index (χ4v) is 2.30. The van der Waals surface area contributed by atoms with Gasteiger partial charge in [-0.1, -0.05) is 0 Å². The Morgan fingerprint density at radius 2 is 2.05 bits per heavy atom. The minimum absolute atomic E-state index is 0.0142. The molecule has 0 N–H and O–H groups in total. The SMILES string of the molecule is O=C(O[C@@H]1CCCCC1=O)c1ccc2c(c1)OCO2. The van der Waals surface area contributed by atoms with Crippen LogP contribution in [-0.4, -0.2) is 24.6 Å². The molecule has 5 nitrogen and oxygen atoms in total. The van der Waals surface area contributed by atoms with Gasteiger partial charge < -0.3 is 14.2 Å². The second-order valence-electron chi connectivity index (χ2n) is 4.67. The summed E-state index contributed by atoms with van der Waals surface area (Å²) >= 11 is 0. The Hall–Kier alpha value is -2.04. The fourth-order valence-electron chi connectivity index (χ4n) is 2.30. The van der Waals surface area contributed by atoms with Gasteiger partial charge in [-0.3, -0.25) is 4.79 Å². The van der Waals surface area contributed by atoms with E-state index in [1.54, 1.807) is 18.2 Å². The lowest BCUT2D eigenvalue weighted by Gasteiger charge is -2.20. The maximum Gasteiger partial charge on any atom is 0.338 e. The van der Waals surface area contributed by atoms with Crippen molar-refractivity contribution in [3.05, 3.63) is 23.8 Å². The van der Waals surface area contributed by atoms with E-state index in [0.717, 1.165) is 12.8 Å². The van der Waals surface area contributed by atoms with E-state index in [0.29, 0.717) is 29.9 Å². The van der Waals surface area contributed by atoms with E-state index in [9.17, 15) is 9.59 Å². The number of benzene rings is 1. The number of fused-ring (bicyclic) bond motifs is 1. The van der Waals surface area contributed by atoms with Gasteiger partial charge in [0, 0.05) is 6.42 Å². The average molecular weight is 262 g/mol. The van der Waals surface area contributed by atoms with Crippen molar-refractivity contribution in [1.29, 1.82) is 0 Å². The Bertz CT molecular complexity index is 523. The molecule has 0 unspecified atom stereocenters. The predicted molar refractivity (Wildman–Crippen MR) is 65.2 cm³/mol.